The third-order valence-electron chi connectivity index (χ3n) is 2.61. The van der Waals surface area contributed by atoms with Crippen LogP contribution in [0.3, 0.4) is 0 Å². The van der Waals surface area contributed by atoms with Crippen LogP contribution in [-0.2, 0) is 0 Å². The summed E-state index contributed by atoms with van der Waals surface area (Å²) in [4.78, 5) is 10.3. The first-order chi connectivity index (χ1) is 8.97. The zero-order valence-electron chi connectivity index (χ0n) is 9.98. The van der Waals surface area contributed by atoms with Crippen molar-refractivity contribution in [3.63, 3.8) is 0 Å². The van der Waals surface area contributed by atoms with Gasteiger partial charge in [-0.1, -0.05) is 0 Å². The van der Waals surface area contributed by atoms with Crippen molar-refractivity contribution in [1.82, 2.24) is 0 Å². The molecule has 0 spiro atoms. The summed E-state index contributed by atoms with van der Waals surface area (Å²) in [5, 5.41) is 13.8. The van der Waals surface area contributed by atoms with Gasteiger partial charge in [0, 0.05) is 17.4 Å². The highest BCUT2D eigenvalue weighted by Gasteiger charge is 2.11. The molecular formula is C13H10FIN2O2. The lowest BCUT2D eigenvalue weighted by atomic mass is 10.2. The number of hydrogen-bond donors (Lipinski definition) is 1. The van der Waals surface area contributed by atoms with E-state index in [-0.39, 0.29) is 11.5 Å². The molecule has 0 atom stereocenters. The van der Waals surface area contributed by atoms with E-state index >= 15 is 0 Å². The van der Waals surface area contributed by atoms with E-state index in [9.17, 15) is 14.5 Å². The lowest BCUT2D eigenvalue weighted by molar-refractivity contribution is -0.385. The molecule has 4 nitrogen and oxygen atoms in total. The minimum atomic E-state index is -0.422. The van der Waals surface area contributed by atoms with Gasteiger partial charge in [-0.05, 0) is 65.4 Å². The highest BCUT2D eigenvalue weighted by Crippen LogP contribution is 2.27. The van der Waals surface area contributed by atoms with Crippen LogP contribution in [0.1, 0.15) is 5.56 Å². The molecule has 0 amide bonds. The van der Waals surface area contributed by atoms with Crippen LogP contribution < -0.4 is 5.32 Å². The molecule has 98 valence electrons. The molecule has 2 aromatic rings. The van der Waals surface area contributed by atoms with Crippen LogP contribution in [0.5, 0.6) is 0 Å². The van der Waals surface area contributed by atoms with Gasteiger partial charge in [0.15, 0.2) is 0 Å². The molecule has 0 saturated heterocycles. The van der Waals surface area contributed by atoms with Crippen LogP contribution in [0.2, 0.25) is 0 Å². The van der Waals surface area contributed by atoms with Gasteiger partial charge in [-0.25, -0.2) is 4.39 Å². The van der Waals surface area contributed by atoms with Crippen molar-refractivity contribution < 1.29 is 9.31 Å². The largest absolute Gasteiger partial charge is 0.355 e. The quantitative estimate of drug-likeness (QED) is 0.494. The van der Waals surface area contributed by atoms with E-state index in [2.05, 4.69) is 5.32 Å². The first-order valence-electron chi connectivity index (χ1n) is 5.44. The predicted octanol–water partition coefficient (Wildman–Crippen LogP) is 4.39. The molecule has 0 aromatic heterocycles. The van der Waals surface area contributed by atoms with Crippen molar-refractivity contribution in [1.29, 1.82) is 0 Å². The van der Waals surface area contributed by atoms with Crippen LogP contribution in [0.25, 0.3) is 0 Å². The Morgan fingerprint density at radius 2 is 2.00 bits per heavy atom. The highest BCUT2D eigenvalue weighted by molar-refractivity contribution is 14.1. The second kappa shape index (κ2) is 5.52. The number of nitrogens with one attached hydrogen (secondary N) is 1. The molecule has 0 unspecified atom stereocenters. The van der Waals surface area contributed by atoms with Gasteiger partial charge in [-0.2, -0.15) is 0 Å². The minimum absolute atomic E-state index is 0.0713. The molecular weight excluding hydrogens is 362 g/mol. The maximum absolute atomic E-state index is 13.0. The molecule has 0 aliphatic heterocycles. The van der Waals surface area contributed by atoms with Gasteiger partial charge in [-0.15, -0.1) is 0 Å². The maximum atomic E-state index is 13.0. The zero-order valence-corrected chi connectivity index (χ0v) is 12.1. The SMILES string of the molecule is Cc1cc(F)ccc1Nc1ccc([N+](=O)[O-])c(I)c1. The Hall–Kier alpha value is -1.70. The standard InChI is InChI=1S/C13H10FIN2O2/c1-8-6-9(14)2-4-12(8)16-10-3-5-13(17(18)19)11(15)7-10/h2-7,16H,1H3. The number of benzene rings is 2. The van der Waals surface area contributed by atoms with Gasteiger partial charge in [-0.3, -0.25) is 10.1 Å². The molecule has 0 bridgehead atoms. The summed E-state index contributed by atoms with van der Waals surface area (Å²) < 4.78 is 13.5. The molecule has 0 aliphatic rings. The average molecular weight is 372 g/mol. The normalized spacial score (nSPS) is 10.3. The number of hydrogen-bond acceptors (Lipinski definition) is 3. The third kappa shape index (κ3) is 3.19. The van der Waals surface area contributed by atoms with E-state index in [1.807, 2.05) is 22.6 Å². The molecule has 1 N–H and O–H groups in total. The van der Waals surface area contributed by atoms with E-state index in [1.165, 1.54) is 18.2 Å². The lowest BCUT2D eigenvalue weighted by Gasteiger charge is -2.10. The Balaban J connectivity index is 2.29. The van der Waals surface area contributed by atoms with Gasteiger partial charge in [0.2, 0.25) is 0 Å². The average Bonchev–Trinajstić information content (AvgIpc) is 2.32. The number of nitro groups is 1. The van der Waals surface area contributed by atoms with Gasteiger partial charge in [0.25, 0.3) is 5.69 Å². The van der Waals surface area contributed by atoms with E-state index in [1.54, 1.807) is 25.1 Å². The Morgan fingerprint density at radius 3 is 2.58 bits per heavy atom. The molecule has 2 aromatic carbocycles. The fourth-order valence-electron chi connectivity index (χ4n) is 1.66. The van der Waals surface area contributed by atoms with Crippen LogP contribution in [0, 0.1) is 26.4 Å². The van der Waals surface area contributed by atoms with E-state index in [0.29, 0.717) is 3.57 Å². The summed E-state index contributed by atoms with van der Waals surface area (Å²) in [5.41, 5.74) is 2.34. The molecule has 0 fully saturated rings. The fourth-order valence-corrected chi connectivity index (χ4v) is 2.37. The highest BCUT2D eigenvalue weighted by atomic mass is 127. The number of anilines is 2. The topological polar surface area (TPSA) is 55.2 Å². The second-order valence-electron chi connectivity index (χ2n) is 4.01. The maximum Gasteiger partial charge on any atom is 0.282 e. The first kappa shape index (κ1) is 13.7. The van der Waals surface area contributed by atoms with Crippen molar-refractivity contribution in [2.24, 2.45) is 0 Å². The van der Waals surface area contributed by atoms with Gasteiger partial charge < -0.3 is 5.32 Å². The van der Waals surface area contributed by atoms with Crippen molar-refractivity contribution in [2.75, 3.05) is 5.32 Å². The van der Waals surface area contributed by atoms with Crippen LogP contribution in [0.15, 0.2) is 36.4 Å². The van der Waals surface area contributed by atoms with Crippen LogP contribution in [0.4, 0.5) is 21.5 Å². The van der Waals surface area contributed by atoms with Crippen molar-refractivity contribution >= 4 is 39.7 Å². The molecule has 19 heavy (non-hydrogen) atoms. The smallest absolute Gasteiger partial charge is 0.282 e. The number of rotatable bonds is 3. The monoisotopic (exact) mass is 372 g/mol. The number of nitrogens with zero attached hydrogens (tertiary/aromatic N) is 1. The number of halogens is 2. The number of aryl methyl sites for hydroxylation is 1. The second-order valence-corrected chi connectivity index (χ2v) is 5.17. The van der Waals surface area contributed by atoms with Crippen molar-refractivity contribution in [2.45, 2.75) is 6.92 Å². The molecule has 0 saturated carbocycles. The summed E-state index contributed by atoms with van der Waals surface area (Å²) in [6.45, 7) is 1.79. The Morgan fingerprint density at radius 1 is 1.26 bits per heavy atom. The minimum Gasteiger partial charge on any atom is -0.355 e. The van der Waals surface area contributed by atoms with Gasteiger partial charge >= 0.3 is 0 Å². The zero-order chi connectivity index (χ0) is 14.0. The van der Waals surface area contributed by atoms with Gasteiger partial charge in [0.1, 0.15) is 5.82 Å². The summed E-state index contributed by atoms with van der Waals surface area (Å²) in [7, 11) is 0. The van der Waals surface area contributed by atoms with Crippen LogP contribution >= 0.6 is 22.6 Å². The summed E-state index contributed by atoms with van der Waals surface area (Å²) in [6.07, 6.45) is 0. The molecule has 0 radical (unpaired) electrons. The molecule has 6 heteroatoms. The number of nitro benzene ring substituents is 1. The van der Waals surface area contributed by atoms with E-state index in [0.717, 1.165) is 16.9 Å². The Labute approximate surface area is 122 Å². The third-order valence-corrected chi connectivity index (χ3v) is 3.48. The summed E-state index contributed by atoms with van der Waals surface area (Å²) in [6, 6.07) is 9.19. The first-order valence-corrected chi connectivity index (χ1v) is 6.52. The van der Waals surface area contributed by atoms with Gasteiger partial charge in [0.05, 0.1) is 8.49 Å². The Kier molecular flexibility index (Phi) is 3.98. The molecule has 2 rings (SSSR count). The van der Waals surface area contributed by atoms with Crippen LogP contribution in [-0.4, -0.2) is 4.92 Å². The predicted molar refractivity (Wildman–Crippen MR) is 80.2 cm³/mol. The van der Waals surface area contributed by atoms with Crippen molar-refractivity contribution in [3.05, 3.63) is 61.5 Å². The lowest BCUT2D eigenvalue weighted by Crippen LogP contribution is -1.96. The van der Waals surface area contributed by atoms with E-state index < -0.39 is 4.92 Å². The fraction of sp³-hybridized carbons (Fsp3) is 0.0769. The van der Waals surface area contributed by atoms with Crippen molar-refractivity contribution in [3.8, 4) is 0 Å². The molecule has 0 heterocycles. The Bertz CT molecular complexity index is 647. The molecule has 0 aliphatic carbocycles. The van der Waals surface area contributed by atoms with E-state index in [4.69, 9.17) is 0 Å². The summed E-state index contributed by atoms with van der Waals surface area (Å²) >= 11 is 1.92. The summed E-state index contributed by atoms with van der Waals surface area (Å²) in [5.74, 6) is -0.290.